The highest BCUT2D eigenvalue weighted by Crippen LogP contribution is 2.29. The lowest BCUT2D eigenvalue weighted by Crippen LogP contribution is -2.34. The number of rotatable bonds is 2. The number of halogens is 3. The highest BCUT2D eigenvalue weighted by atomic mass is 35.5. The van der Waals surface area contributed by atoms with Gasteiger partial charge in [0.2, 0.25) is 0 Å². The van der Waals surface area contributed by atoms with Crippen LogP contribution in [0.3, 0.4) is 0 Å². The van der Waals surface area contributed by atoms with Crippen LogP contribution in [0.4, 0.5) is 4.39 Å². The van der Waals surface area contributed by atoms with Crippen molar-refractivity contribution in [3.63, 3.8) is 0 Å². The molecule has 1 atom stereocenters. The molecule has 24 heavy (non-hydrogen) atoms. The molecule has 0 spiro atoms. The Morgan fingerprint density at radius 2 is 1.83 bits per heavy atom. The molecular formula is C19H18Cl2FNO. The van der Waals surface area contributed by atoms with Gasteiger partial charge in [0, 0.05) is 24.0 Å². The van der Waals surface area contributed by atoms with Gasteiger partial charge in [-0.1, -0.05) is 41.8 Å². The molecule has 126 valence electrons. The van der Waals surface area contributed by atoms with Crippen molar-refractivity contribution in [3.05, 3.63) is 69.5 Å². The summed E-state index contributed by atoms with van der Waals surface area (Å²) in [6.07, 6.45) is 3.05. The molecule has 1 fully saturated rings. The molecule has 1 heterocycles. The summed E-state index contributed by atoms with van der Waals surface area (Å²) < 4.78 is 13.2. The van der Waals surface area contributed by atoms with Crippen molar-refractivity contribution in [2.75, 3.05) is 13.1 Å². The van der Waals surface area contributed by atoms with E-state index in [1.165, 1.54) is 23.8 Å². The van der Waals surface area contributed by atoms with Gasteiger partial charge >= 0.3 is 0 Å². The lowest BCUT2D eigenvalue weighted by Gasteiger charge is -2.25. The molecule has 0 radical (unpaired) electrons. The van der Waals surface area contributed by atoms with E-state index >= 15 is 0 Å². The quantitative estimate of drug-likeness (QED) is 0.683. The number of benzene rings is 2. The minimum absolute atomic E-state index is 0.138. The Morgan fingerprint density at radius 3 is 2.54 bits per heavy atom. The number of hydrogen-bond acceptors (Lipinski definition) is 1. The van der Waals surface area contributed by atoms with Crippen LogP contribution in [0.25, 0.3) is 0 Å². The SMILES string of the molecule is O=C(c1ccc(F)cc1Cl)N1CCCCC(c2ccc(Cl)cc2)C1. The molecule has 3 rings (SSSR count). The van der Waals surface area contributed by atoms with Gasteiger partial charge in [0.25, 0.3) is 5.91 Å². The molecule has 2 nitrogen and oxygen atoms in total. The minimum atomic E-state index is -0.438. The fourth-order valence-electron chi connectivity index (χ4n) is 3.17. The Labute approximate surface area is 151 Å². The maximum absolute atomic E-state index is 13.2. The Kier molecular flexibility index (Phi) is 5.42. The van der Waals surface area contributed by atoms with Crippen LogP contribution in [0.1, 0.15) is 41.1 Å². The second-order valence-corrected chi connectivity index (χ2v) is 6.96. The molecule has 0 N–H and O–H groups in total. The van der Waals surface area contributed by atoms with Crippen molar-refractivity contribution in [3.8, 4) is 0 Å². The summed E-state index contributed by atoms with van der Waals surface area (Å²) in [7, 11) is 0. The molecule has 0 saturated carbocycles. The zero-order chi connectivity index (χ0) is 17.1. The van der Waals surface area contributed by atoms with E-state index < -0.39 is 5.82 Å². The summed E-state index contributed by atoms with van der Waals surface area (Å²) in [6, 6.07) is 11.7. The van der Waals surface area contributed by atoms with E-state index in [0.717, 1.165) is 19.3 Å². The summed E-state index contributed by atoms with van der Waals surface area (Å²) in [5.41, 5.74) is 1.54. The maximum Gasteiger partial charge on any atom is 0.255 e. The number of likely N-dealkylation sites (tertiary alicyclic amines) is 1. The highest BCUT2D eigenvalue weighted by Gasteiger charge is 2.25. The topological polar surface area (TPSA) is 20.3 Å². The van der Waals surface area contributed by atoms with Gasteiger partial charge in [-0.3, -0.25) is 4.79 Å². The molecule has 1 aliphatic heterocycles. The van der Waals surface area contributed by atoms with Crippen LogP contribution in [0.2, 0.25) is 10.0 Å². The van der Waals surface area contributed by atoms with Crippen LogP contribution >= 0.6 is 23.2 Å². The van der Waals surface area contributed by atoms with Crippen molar-refractivity contribution in [1.29, 1.82) is 0 Å². The minimum Gasteiger partial charge on any atom is -0.338 e. The first-order chi connectivity index (χ1) is 11.5. The summed E-state index contributed by atoms with van der Waals surface area (Å²) in [6.45, 7) is 1.32. The Hall–Kier alpha value is -1.58. The van der Waals surface area contributed by atoms with Crippen molar-refractivity contribution in [2.45, 2.75) is 25.2 Å². The predicted octanol–water partition coefficient (Wildman–Crippen LogP) is 5.54. The fraction of sp³-hybridized carbons (Fsp3) is 0.316. The zero-order valence-corrected chi connectivity index (χ0v) is 14.7. The van der Waals surface area contributed by atoms with E-state index in [2.05, 4.69) is 0 Å². The lowest BCUT2D eigenvalue weighted by atomic mass is 9.94. The summed E-state index contributed by atoms with van der Waals surface area (Å²) in [4.78, 5) is 14.6. The van der Waals surface area contributed by atoms with E-state index in [-0.39, 0.29) is 16.8 Å². The van der Waals surface area contributed by atoms with Crippen LogP contribution < -0.4 is 0 Å². The third kappa shape index (κ3) is 3.90. The zero-order valence-electron chi connectivity index (χ0n) is 13.1. The van der Waals surface area contributed by atoms with Gasteiger partial charge in [0.1, 0.15) is 5.82 Å². The summed E-state index contributed by atoms with van der Waals surface area (Å²) in [5.74, 6) is -0.305. The van der Waals surface area contributed by atoms with Crippen LogP contribution in [0.5, 0.6) is 0 Å². The first-order valence-electron chi connectivity index (χ1n) is 8.04. The van der Waals surface area contributed by atoms with Crippen LogP contribution in [-0.4, -0.2) is 23.9 Å². The van der Waals surface area contributed by atoms with Crippen LogP contribution in [0, 0.1) is 5.82 Å². The third-order valence-corrected chi connectivity index (χ3v) is 5.03. The van der Waals surface area contributed by atoms with Gasteiger partial charge in [-0.25, -0.2) is 4.39 Å². The number of carbonyl (C=O) groups is 1. The van der Waals surface area contributed by atoms with Crippen molar-refractivity contribution >= 4 is 29.1 Å². The molecule has 0 aromatic heterocycles. The van der Waals surface area contributed by atoms with Gasteiger partial charge in [-0.2, -0.15) is 0 Å². The third-order valence-electron chi connectivity index (χ3n) is 4.46. The molecule has 0 bridgehead atoms. The maximum atomic E-state index is 13.2. The lowest BCUT2D eigenvalue weighted by molar-refractivity contribution is 0.0754. The second-order valence-electron chi connectivity index (χ2n) is 6.12. The fourth-order valence-corrected chi connectivity index (χ4v) is 3.54. The van der Waals surface area contributed by atoms with Crippen LogP contribution in [-0.2, 0) is 0 Å². The van der Waals surface area contributed by atoms with Crippen molar-refractivity contribution in [1.82, 2.24) is 4.90 Å². The Bertz CT molecular complexity index is 733. The molecule has 1 aliphatic rings. The van der Waals surface area contributed by atoms with Crippen LogP contribution in [0.15, 0.2) is 42.5 Å². The van der Waals surface area contributed by atoms with Crippen molar-refractivity contribution in [2.24, 2.45) is 0 Å². The summed E-state index contributed by atoms with van der Waals surface area (Å²) >= 11 is 12.0. The molecule has 1 unspecified atom stereocenters. The average molecular weight is 366 g/mol. The van der Waals surface area contributed by atoms with Gasteiger partial charge in [-0.15, -0.1) is 0 Å². The summed E-state index contributed by atoms with van der Waals surface area (Å²) in [5, 5.41) is 0.866. The van der Waals surface area contributed by atoms with E-state index in [1.54, 1.807) is 0 Å². The number of amides is 1. The van der Waals surface area contributed by atoms with E-state index in [0.29, 0.717) is 23.7 Å². The number of carbonyl (C=O) groups excluding carboxylic acids is 1. The van der Waals surface area contributed by atoms with Gasteiger partial charge in [0.15, 0.2) is 0 Å². The smallest absolute Gasteiger partial charge is 0.255 e. The van der Waals surface area contributed by atoms with E-state index in [1.807, 2.05) is 29.2 Å². The standard InChI is InChI=1S/C19H18Cl2FNO/c20-15-6-4-13(5-7-15)14-3-1-2-10-23(12-14)19(24)17-9-8-16(22)11-18(17)21/h4-9,11,14H,1-3,10,12H2. The largest absolute Gasteiger partial charge is 0.338 e. The molecule has 2 aromatic rings. The van der Waals surface area contributed by atoms with E-state index in [4.69, 9.17) is 23.2 Å². The van der Waals surface area contributed by atoms with Gasteiger partial charge in [-0.05, 0) is 48.7 Å². The second kappa shape index (κ2) is 7.54. The molecule has 1 amide bonds. The van der Waals surface area contributed by atoms with Gasteiger partial charge in [0.05, 0.1) is 10.6 Å². The van der Waals surface area contributed by atoms with Gasteiger partial charge < -0.3 is 4.90 Å². The first kappa shape index (κ1) is 17.2. The number of hydrogen-bond donors (Lipinski definition) is 0. The first-order valence-corrected chi connectivity index (χ1v) is 8.80. The van der Waals surface area contributed by atoms with E-state index in [9.17, 15) is 9.18 Å². The molecular weight excluding hydrogens is 348 g/mol. The average Bonchev–Trinajstić information content (AvgIpc) is 2.81. The van der Waals surface area contributed by atoms with Crippen molar-refractivity contribution < 1.29 is 9.18 Å². The molecule has 1 saturated heterocycles. The molecule has 5 heteroatoms. The normalized spacial score (nSPS) is 18.3. The monoisotopic (exact) mass is 365 g/mol. The Balaban J connectivity index is 1.81. The molecule has 0 aliphatic carbocycles. The number of nitrogens with zero attached hydrogens (tertiary/aromatic N) is 1. The molecule has 2 aromatic carbocycles. The highest BCUT2D eigenvalue weighted by molar-refractivity contribution is 6.33. The predicted molar refractivity (Wildman–Crippen MR) is 95.4 cm³/mol. The Morgan fingerprint density at radius 1 is 1.08 bits per heavy atom.